The Morgan fingerprint density at radius 2 is 1.15 bits per heavy atom. The Kier molecular flexibility index (Phi) is 9.09. The highest BCUT2D eigenvalue weighted by Crippen LogP contribution is 2.27. The summed E-state index contributed by atoms with van der Waals surface area (Å²) in [5.41, 5.74) is 2.68. The van der Waals surface area contributed by atoms with Crippen molar-refractivity contribution in [1.82, 2.24) is 0 Å². The lowest BCUT2D eigenvalue weighted by atomic mass is 9.90. The van der Waals surface area contributed by atoms with Crippen LogP contribution in [0.5, 0.6) is 11.5 Å². The van der Waals surface area contributed by atoms with Crippen LogP contribution in [0.4, 0.5) is 0 Å². The number of benzene rings is 2. The molecule has 1 unspecified atom stereocenters. The van der Waals surface area contributed by atoms with Crippen molar-refractivity contribution in [3.8, 4) is 11.5 Å². The van der Waals surface area contributed by atoms with Gasteiger partial charge in [-0.25, -0.2) is 0 Å². The summed E-state index contributed by atoms with van der Waals surface area (Å²) in [7, 11) is 0. The summed E-state index contributed by atoms with van der Waals surface area (Å²) in [4.78, 5) is 0. The minimum absolute atomic E-state index is 0.351. The van der Waals surface area contributed by atoms with Crippen LogP contribution in [0, 0.1) is 0 Å². The first-order valence-corrected chi connectivity index (χ1v) is 10.3. The molecule has 0 saturated heterocycles. The van der Waals surface area contributed by atoms with Gasteiger partial charge in [0.15, 0.2) is 0 Å². The summed E-state index contributed by atoms with van der Waals surface area (Å²) >= 11 is 0. The Labute approximate surface area is 158 Å². The minimum Gasteiger partial charge on any atom is -0.508 e. The van der Waals surface area contributed by atoms with Crippen molar-refractivity contribution in [2.24, 2.45) is 0 Å². The quantitative estimate of drug-likeness (QED) is 0.405. The summed E-state index contributed by atoms with van der Waals surface area (Å²) in [5.74, 6) is 1.33. The van der Waals surface area contributed by atoms with Gasteiger partial charge in [-0.2, -0.15) is 0 Å². The molecular weight excluding hydrogens is 320 g/mol. The zero-order valence-corrected chi connectivity index (χ0v) is 16.2. The van der Waals surface area contributed by atoms with E-state index in [2.05, 4.69) is 19.1 Å². The number of phenols is 2. The highest BCUT2D eigenvalue weighted by Gasteiger charge is 2.08. The molecule has 0 fully saturated rings. The van der Waals surface area contributed by atoms with Crippen molar-refractivity contribution in [2.75, 3.05) is 0 Å². The molecular formula is C24H34O2. The Balaban J connectivity index is 1.49. The van der Waals surface area contributed by atoms with E-state index in [1.165, 1.54) is 68.9 Å². The monoisotopic (exact) mass is 354 g/mol. The normalized spacial score (nSPS) is 12.2. The molecule has 142 valence electrons. The van der Waals surface area contributed by atoms with Crippen LogP contribution in [0.15, 0.2) is 48.5 Å². The van der Waals surface area contributed by atoms with Crippen molar-refractivity contribution < 1.29 is 10.2 Å². The summed E-state index contributed by atoms with van der Waals surface area (Å²) < 4.78 is 0. The van der Waals surface area contributed by atoms with Crippen LogP contribution < -0.4 is 0 Å². The molecule has 1 atom stereocenters. The average molecular weight is 355 g/mol. The predicted molar refractivity (Wildman–Crippen MR) is 110 cm³/mol. The molecule has 0 heterocycles. The first kappa shape index (κ1) is 20.4. The average Bonchev–Trinajstić information content (AvgIpc) is 2.66. The van der Waals surface area contributed by atoms with Gasteiger partial charge in [-0.1, -0.05) is 69.7 Å². The lowest BCUT2D eigenvalue weighted by molar-refractivity contribution is 0.473. The van der Waals surface area contributed by atoms with Gasteiger partial charge in [0, 0.05) is 0 Å². The second-order valence-corrected chi connectivity index (χ2v) is 7.38. The van der Waals surface area contributed by atoms with E-state index in [9.17, 15) is 10.2 Å². The van der Waals surface area contributed by atoms with E-state index in [-0.39, 0.29) is 0 Å². The van der Waals surface area contributed by atoms with Crippen LogP contribution in [-0.4, -0.2) is 10.2 Å². The Morgan fingerprint density at radius 3 is 1.73 bits per heavy atom. The van der Waals surface area contributed by atoms with E-state index in [0.29, 0.717) is 17.4 Å². The number of phenolic OH excluding ortho intramolecular Hbond substituents is 2. The molecule has 26 heavy (non-hydrogen) atoms. The topological polar surface area (TPSA) is 40.5 Å². The first-order valence-electron chi connectivity index (χ1n) is 10.3. The molecule has 2 aromatic rings. The fourth-order valence-electron chi connectivity index (χ4n) is 3.62. The molecule has 2 aromatic carbocycles. The van der Waals surface area contributed by atoms with E-state index >= 15 is 0 Å². The van der Waals surface area contributed by atoms with Gasteiger partial charge in [-0.05, 0) is 67.0 Å². The van der Waals surface area contributed by atoms with E-state index in [4.69, 9.17) is 0 Å². The van der Waals surface area contributed by atoms with E-state index in [1.807, 2.05) is 12.1 Å². The number of aryl methyl sites for hydroxylation is 1. The molecule has 0 aromatic heterocycles. The third-order valence-corrected chi connectivity index (χ3v) is 5.31. The molecule has 0 radical (unpaired) electrons. The smallest absolute Gasteiger partial charge is 0.115 e. The second kappa shape index (κ2) is 11.6. The molecule has 0 aliphatic heterocycles. The molecule has 0 spiro atoms. The first-order chi connectivity index (χ1) is 12.7. The molecule has 0 amide bonds. The summed E-state index contributed by atoms with van der Waals surface area (Å²) in [5, 5.41) is 18.7. The third-order valence-electron chi connectivity index (χ3n) is 5.31. The van der Waals surface area contributed by atoms with Gasteiger partial charge in [0.2, 0.25) is 0 Å². The predicted octanol–water partition coefficient (Wildman–Crippen LogP) is 6.95. The van der Waals surface area contributed by atoms with E-state index in [0.717, 1.165) is 6.42 Å². The van der Waals surface area contributed by atoms with E-state index in [1.54, 1.807) is 24.3 Å². The lowest BCUT2D eigenvalue weighted by Crippen LogP contribution is -1.97. The summed E-state index contributed by atoms with van der Waals surface area (Å²) in [6, 6.07) is 15.3. The van der Waals surface area contributed by atoms with Crippen molar-refractivity contribution in [1.29, 1.82) is 0 Å². The SMILES string of the molecule is CCC(CCCCCCCCCc1ccc(O)cc1)c1ccc(O)cc1. The fourth-order valence-corrected chi connectivity index (χ4v) is 3.62. The highest BCUT2D eigenvalue weighted by molar-refractivity contribution is 5.28. The van der Waals surface area contributed by atoms with Gasteiger partial charge >= 0.3 is 0 Å². The summed E-state index contributed by atoms with van der Waals surface area (Å²) in [6.45, 7) is 2.26. The Morgan fingerprint density at radius 1 is 0.654 bits per heavy atom. The van der Waals surface area contributed by atoms with Gasteiger partial charge in [-0.15, -0.1) is 0 Å². The Bertz CT molecular complexity index is 601. The highest BCUT2D eigenvalue weighted by atomic mass is 16.3. The summed E-state index contributed by atoms with van der Waals surface area (Å²) in [6.07, 6.45) is 12.7. The molecule has 0 bridgehead atoms. The van der Waals surface area contributed by atoms with Gasteiger partial charge in [-0.3, -0.25) is 0 Å². The van der Waals surface area contributed by atoms with Gasteiger partial charge in [0.05, 0.1) is 0 Å². The van der Waals surface area contributed by atoms with Crippen molar-refractivity contribution in [3.63, 3.8) is 0 Å². The molecule has 0 aliphatic carbocycles. The van der Waals surface area contributed by atoms with Crippen LogP contribution in [0.3, 0.4) is 0 Å². The molecule has 2 rings (SSSR count). The zero-order valence-electron chi connectivity index (χ0n) is 16.2. The fraction of sp³-hybridized carbons (Fsp3) is 0.500. The minimum atomic E-state index is 0.351. The van der Waals surface area contributed by atoms with Gasteiger partial charge in [0.1, 0.15) is 11.5 Å². The molecule has 2 heteroatoms. The van der Waals surface area contributed by atoms with Crippen LogP contribution in [0.2, 0.25) is 0 Å². The zero-order chi connectivity index (χ0) is 18.6. The maximum absolute atomic E-state index is 9.41. The van der Waals surface area contributed by atoms with Crippen molar-refractivity contribution in [3.05, 3.63) is 59.7 Å². The third kappa shape index (κ3) is 7.51. The van der Waals surface area contributed by atoms with Crippen molar-refractivity contribution >= 4 is 0 Å². The van der Waals surface area contributed by atoms with Crippen LogP contribution in [0.1, 0.15) is 81.8 Å². The number of unbranched alkanes of at least 4 members (excludes halogenated alkanes) is 6. The second-order valence-electron chi connectivity index (χ2n) is 7.38. The maximum Gasteiger partial charge on any atom is 0.115 e. The van der Waals surface area contributed by atoms with Crippen LogP contribution >= 0.6 is 0 Å². The van der Waals surface area contributed by atoms with Gasteiger partial charge in [0.25, 0.3) is 0 Å². The largest absolute Gasteiger partial charge is 0.508 e. The molecule has 0 saturated carbocycles. The number of aromatic hydroxyl groups is 2. The van der Waals surface area contributed by atoms with Crippen molar-refractivity contribution in [2.45, 2.75) is 77.0 Å². The molecule has 0 aliphatic rings. The van der Waals surface area contributed by atoms with E-state index < -0.39 is 0 Å². The van der Waals surface area contributed by atoms with Crippen LogP contribution in [-0.2, 0) is 6.42 Å². The number of hydrogen-bond acceptors (Lipinski definition) is 2. The Hall–Kier alpha value is -1.96. The van der Waals surface area contributed by atoms with Gasteiger partial charge < -0.3 is 10.2 Å². The lowest BCUT2D eigenvalue weighted by Gasteiger charge is -2.15. The number of rotatable bonds is 12. The maximum atomic E-state index is 9.41. The standard InChI is InChI=1S/C24H34O2/c1-2-21(22-14-18-24(26)19-15-22)11-9-7-5-3-4-6-8-10-20-12-16-23(25)17-13-20/h12-19,21,25-26H,2-11H2,1H3. The molecule has 2 nitrogen and oxygen atoms in total. The van der Waals surface area contributed by atoms with Crippen LogP contribution in [0.25, 0.3) is 0 Å². The number of hydrogen-bond donors (Lipinski definition) is 2. The molecule has 2 N–H and O–H groups in total.